The first-order valence-corrected chi connectivity index (χ1v) is 7.28. The second kappa shape index (κ2) is 7.41. The Morgan fingerprint density at radius 1 is 0.958 bits per heavy atom. The summed E-state index contributed by atoms with van der Waals surface area (Å²) < 4.78 is 5.17. The molecule has 124 valence electrons. The number of hydrogen-bond donors (Lipinski definition) is 2. The molecule has 2 rings (SSSR count). The van der Waals surface area contributed by atoms with Gasteiger partial charge in [-0.2, -0.15) is 0 Å². The number of anilines is 2. The van der Waals surface area contributed by atoms with Gasteiger partial charge >= 0.3 is 0 Å². The highest BCUT2D eigenvalue weighted by Crippen LogP contribution is 2.28. The van der Waals surface area contributed by atoms with Crippen molar-refractivity contribution >= 4 is 29.0 Å². The number of nitrogens with one attached hydrogen (secondary N) is 2. The number of methoxy groups -OCH3 is 1. The molecule has 0 aromatic heterocycles. The minimum Gasteiger partial charge on any atom is -0.495 e. The van der Waals surface area contributed by atoms with Crippen LogP contribution in [0.4, 0.5) is 11.4 Å². The standard InChI is InChI=1S/C18H18N2O4/c1-11-4-6-13(7-5-11)17(22)18(23)20-15-10-14(19-12(2)21)8-9-16(15)24-3/h4-10H,1-3H3,(H,19,21)(H,20,23). The fraction of sp³-hybridized carbons (Fsp3) is 0.167. The molecule has 0 radical (unpaired) electrons. The van der Waals surface area contributed by atoms with E-state index in [4.69, 9.17) is 4.74 Å². The van der Waals surface area contributed by atoms with Crippen molar-refractivity contribution in [2.24, 2.45) is 0 Å². The molecule has 2 aromatic rings. The van der Waals surface area contributed by atoms with Crippen LogP contribution in [0.1, 0.15) is 22.8 Å². The van der Waals surface area contributed by atoms with Crippen LogP contribution in [0.3, 0.4) is 0 Å². The van der Waals surface area contributed by atoms with E-state index in [9.17, 15) is 14.4 Å². The normalized spacial score (nSPS) is 9.96. The first kappa shape index (κ1) is 17.2. The van der Waals surface area contributed by atoms with E-state index in [0.717, 1.165) is 5.56 Å². The van der Waals surface area contributed by atoms with Crippen molar-refractivity contribution in [1.29, 1.82) is 0 Å². The number of carbonyl (C=O) groups is 3. The lowest BCUT2D eigenvalue weighted by atomic mass is 10.1. The van der Waals surface area contributed by atoms with E-state index < -0.39 is 11.7 Å². The van der Waals surface area contributed by atoms with Crippen LogP contribution in [0.2, 0.25) is 0 Å². The van der Waals surface area contributed by atoms with E-state index in [-0.39, 0.29) is 5.91 Å². The molecule has 0 unspecified atom stereocenters. The molecule has 0 aliphatic rings. The van der Waals surface area contributed by atoms with Gasteiger partial charge in [0, 0.05) is 18.2 Å². The fourth-order valence-electron chi connectivity index (χ4n) is 2.10. The van der Waals surface area contributed by atoms with Crippen LogP contribution in [-0.4, -0.2) is 24.7 Å². The second-order valence-electron chi connectivity index (χ2n) is 5.25. The first-order valence-electron chi connectivity index (χ1n) is 7.28. The Labute approximate surface area is 139 Å². The predicted octanol–water partition coefficient (Wildman–Crippen LogP) is 2.78. The lowest BCUT2D eigenvalue weighted by Gasteiger charge is -2.12. The number of ether oxygens (including phenoxy) is 1. The Morgan fingerprint density at radius 3 is 2.21 bits per heavy atom. The number of Topliss-reactive ketones (excluding diaryl/α,β-unsaturated/α-hetero) is 1. The number of rotatable bonds is 5. The van der Waals surface area contributed by atoms with Crippen LogP contribution in [0.25, 0.3) is 0 Å². The maximum absolute atomic E-state index is 12.2. The van der Waals surface area contributed by atoms with E-state index in [0.29, 0.717) is 22.7 Å². The van der Waals surface area contributed by atoms with Crippen molar-refractivity contribution in [1.82, 2.24) is 0 Å². The van der Waals surface area contributed by atoms with E-state index in [1.54, 1.807) is 36.4 Å². The summed E-state index contributed by atoms with van der Waals surface area (Å²) in [5.74, 6) is -1.29. The highest BCUT2D eigenvalue weighted by Gasteiger charge is 2.18. The number of carbonyl (C=O) groups excluding carboxylic acids is 3. The summed E-state index contributed by atoms with van der Waals surface area (Å²) in [6.07, 6.45) is 0. The molecule has 0 saturated heterocycles. The van der Waals surface area contributed by atoms with E-state index in [1.165, 1.54) is 20.1 Å². The molecule has 0 bridgehead atoms. The van der Waals surface area contributed by atoms with Crippen molar-refractivity contribution in [2.75, 3.05) is 17.7 Å². The van der Waals surface area contributed by atoms with Crippen LogP contribution < -0.4 is 15.4 Å². The van der Waals surface area contributed by atoms with Gasteiger partial charge in [0.25, 0.3) is 11.7 Å². The maximum atomic E-state index is 12.2. The molecule has 0 atom stereocenters. The van der Waals surface area contributed by atoms with Gasteiger partial charge in [-0.25, -0.2) is 0 Å². The average Bonchev–Trinajstić information content (AvgIpc) is 2.54. The highest BCUT2D eigenvalue weighted by atomic mass is 16.5. The number of aryl methyl sites for hydroxylation is 1. The van der Waals surface area contributed by atoms with Gasteiger partial charge in [-0.1, -0.05) is 29.8 Å². The van der Waals surface area contributed by atoms with Crippen LogP contribution in [-0.2, 0) is 9.59 Å². The van der Waals surface area contributed by atoms with Crippen LogP contribution in [0.15, 0.2) is 42.5 Å². The van der Waals surface area contributed by atoms with E-state index in [2.05, 4.69) is 10.6 Å². The number of hydrogen-bond acceptors (Lipinski definition) is 4. The molecule has 0 aliphatic carbocycles. The third-order valence-electron chi connectivity index (χ3n) is 3.29. The van der Waals surface area contributed by atoms with Crippen molar-refractivity contribution < 1.29 is 19.1 Å². The van der Waals surface area contributed by atoms with Crippen LogP contribution in [0, 0.1) is 6.92 Å². The van der Waals surface area contributed by atoms with E-state index in [1.807, 2.05) is 6.92 Å². The number of ketones is 1. The highest BCUT2D eigenvalue weighted by molar-refractivity contribution is 6.46. The summed E-state index contributed by atoms with van der Waals surface area (Å²) in [5.41, 5.74) is 2.09. The zero-order valence-electron chi connectivity index (χ0n) is 13.7. The Hall–Kier alpha value is -3.15. The Morgan fingerprint density at radius 2 is 1.62 bits per heavy atom. The molecule has 0 fully saturated rings. The van der Waals surface area contributed by atoms with Crippen LogP contribution >= 0.6 is 0 Å². The number of benzene rings is 2. The fourth-order valence-corrected chi connectivity index (χ4v) is 2.10. The summed E-state index contributed by atoms with van der Waals surface area (Å²) in [7, 11) is 1.45. The molecular weight excluding hydrogens is 308 g/mol. The predicted molar refractivity (Wildman–Crippen MR) is 91.4 cm³/mol. The lowest BCUT2D eigenvalue weighted by molar-refractivity contribution is -0.114. The molecule has 0 spiro atoms. The average molecular weight is 326 g/mol. The molecule has 6 nitrogen and oxygen atoms in total. The van der Waals surface area contributed by atoms with Crippen molar-refractivity contribution in [3.05, 3.63) is 53.6 Å². The van der Waals surface area contributed by atoms with Gasteiger partial charge in [-0.05, 0) is 25.1 Å². The molecule has 0 saturated carbocycles. The third kappa shape index (κ3) is 4.19. The quantitative estimate of drug-likeness (QED) is 0.653. The van der Waals surface area contributed by atoms with Gasteiger partial charge in [-0.15, -0.1) is 0 Å². The third-order valence-corrected chi connectivity index (χ3v) is 3.29. The van der Waals surface area contributed by atoms with Gasteiger partial charge in [0.1, 0.15) is 5.75 Å². The Balaban J connectivity index is 2.22. The Bertz CT molecular complexity index is 782. The zero-order chi connectivity index (χ0) is 17.7. The maximum Gasteiger partial charge on any atom is 0.296 e. The van der Waals surface area contributed by atoms with Crippen molar-refractivity contribution in [3.8, 4) is 5.75 Å². The summed E-state index contributed by atoms with van der Waals surface area (Å²) in [6, 6.07) is 11.5. The molecular formula is C18H18N2O4. The molecule has 0 heterocycles. The van der Waals surface area contributed by atoms with Gasteiger partial charge in [0.2, 0.25) is 5.91 Å². The molecule has 2 N–H and O–H groups in total. The van der Waals surface area contributed by atoms with Crippen molar-refractivity contribution in [3.63, 3.8) is 0 Å². The largest absolute Gasteiger partial charge is 0.495 e. The summed E-state index contributed by atoms with van der Waals surface area (Å²) >= 11 is 0. The first-order chi connectivity index (χ1) is 11.4. The summed E-state index contributed by atoms with van der Waals surface area (Å²) in [6.45, 7) is 3.27. The van der Waals surface area contributed by atoms with Gasteiger partial charge in [0.15, 0.2) is 0 Å². The van der Waals surface area contributed by atoms with Gasteiger partial charge in [-0.3, -0.25) is 14.4 Å². The molecule has 2 amide bonds. The van der Waals surface area contributed by atoms with Gasteiger partial charge < -0.3 is 15.4 Å². The molecule has 2 aromatic carbocycles. The van der Waals surface area contributed by atoms with Gasteiger partial charge in [0.05, 0.1) is 12.8 Å². The molecule has 6 heteroatoms. The SMILES string of the molecule is COc1ccc(NC(C)=O)cc1NC(=O)C(=O)c1ccc(C)cc1. The minimum absolute atomic E-state index is 0.242. The lowest BCUT2D eigenvalue weighted by Crippen LogP contribution is -2.23. The minimum atomic E-state index is -0.780. The zero-order valence-corrected chi connectivity index (χ0v) is 13.7. The summed E-state index contributed by atoms with van der Waals surface area (Å²) in [4.78, 5) is 35.5. The number of amides is 2. The van der Waals surface area contributed by atoms with Crippen molar-refractivity contribution in [2.45, 2.75) is 13.8 Å². The Kier molecular flexibility index (Phi) is 5.31. The monoisotopic (exact) mass is 326 g/mol. The smallest absolute Gasteiger partial charge is 0.296 e. The van der Waals surface area contributed by atoms with E-state index >= 15 is 0 Å². The topological polar surface area (TPSA) is 84.5 Å². The molecule has 0 aliphatic heterocycles. The second-order valence-corrected chi connectivity index (χ2v) is 5.25. The molecule has 24 heavy (non-hydrogen) atoms. The van der Waals surface area contributed by atoms with Crippen LogP contribution in [0.5, 0.6) is 5.75 Å². The summed E-state index contributed by atoms with van der Waals surface area (Å²) in [5, 5.41) is 5.13.